The van der Waals surface area contributed by atoms with Gasteiger partial charge in [-0.15, -0.1) is 0 Å². The quantitative estimate of drug-likeness (QED) is 0.425. The highest BCUT2D eigenvalue weighted by atomic mass is 15.3. The predicted octanol–water partition coefficient (Wildman–Crippen LogP) is 4.66. The summed E-state index contributed by atoms with van der Waals surface area (Å²) in [6.07, 6.45) is 15.2. The molecule has 0 saturated carbocycles. The van der Waals surface area contributed by atoms with Gasteiger partial charge in [0.2, 0.25) is 0 Å². The van der Waals surface area contributed by atoms with Crippen LogP contribution in [0.1, 0.15) is 59.3 Å². The minimum atomic E-state index is 1.21. The van der Waals surface area contributed by atoms with E-state index in [0.29, 0.717) is 0 Å². The molecule has 0 aromatic heterocycles. The molecule has 0 aromatic carbocycles. The highest BCUT2D eigenvalue weighted by Gasteiger charge is 2.25. The first kappa shape index (κ1) is 14.5. The van der Waals surface area contributed by atoms with Crippen LogP contribution < -0.4 is 0 Å². The topological polar surface area (TPSA) is 0 Å². The molecule has 0 atom stereocenters. The summed E-state index contributed by atoms with van der Waals surface area (Å²) in [4.78, 5) is 0. The van der Waals surface area contributed by atoms with Crippen molar-refractivity contribution in [2.45, 2.75) is 59.3 Å². The molecule has 17 heavy (non-hydrogen) atoms. The van der Waals surface area contributed by atoms with E-state index in [4.69, 9.17) is 0 Å². The van der Waals surface area contributed by atoms with Crippen LogP contribution in [-0.2, 0) is 0 Å². The number of unbranched alkanes of at least 4 members (excludes halogenated alkanes) is 4. The van der Waals surface area contributed by atoms with Gasteiger partial charge in [-0.05, 0) is 44.3 Å². The Bertz CT molecular complexity index is 253. The molecular formula is C16H30N+. The Morgan fingerprint density at radius 2 is 1.59 bits per heavy atom. The lowest BCUT2D eigenvalue weighted by atomic mass is 10.1. The van der Waals surface area contributed by atoms with Crippen LogP contribution in [0.3, 0.4) is 0 Å². The van der Waals surface area contributed by atoms with Gasteiger partial charge >= 0.3 is 0 Å². The first-order valence-electron chi connectivity index (χ1n) is 7.43. The summed E-state index contributed by atoms with van der Waals surface area (Å²) in [7, 11) is 0. The van der Waals surface area contributed by atoms with E-state index >= 15 is 0 Å². The molecule has 0 amide bonds. The number of allylic oxidation sites excluding steroid dienone is 2. The first-order valence-corrected chi connectivity index (χ1v) is 7.43. The van der Waals surface area contributed by atoms with Crippen LogP contribution in [0.25, 0.3) is 0 Å². The summed E-state index contributed by atoms with van der Waals surface area (Å²) in [6.45, 7) is 10.8. The van der Waals surface area contributed by atoms with E-state index in [1.807, 2.05) is 0 Å². The summed E-state index contributed by atoms with van der Waals surface area (Å²) in [6, 6.07) is 0. The van der Waals surface area contributed by atoms with E-state index in [1.165, 1.54) is 62.6 Å². The van der Waals surface area contributed by atoms with E-state index in [1.54, 1.807) is 5.57 Å². The van der Waals surface area contributed by atoms with Gasteiger partial charge < -0.3 is 0 Å². The molecule has 98 valence electrons. The zero-order valence-corrected chi connectivity index (χ0v) is 12.0. The van der Waals surface area contributed by atoms with Crippen molar-refractivity contribution in [3.05, 3.63) is 23.9 Å². The number of hydrogen-bond acceptors (Lipinski definition) is 0. The molecule has 0 N–H and O–H groups in total. The maximum absolute atomic E-state index is 2.44. The maximum atomic E-state index is 2.44. The van der Waals surface area contributed by atoms with Crippen LogP contribution in [0.4, 0.5) is 0 Å². The Labute approximate surface area is 108 Å². The fourth-order valence-corrected chi connectivity index (χ4v) is 2.76. The van der Waals surface area contributed by atoms with Crippen LogP contribution in [0.15, 0.2) is 23.9 Å². The SMILES string of the molecule is CCCCC[N+]1(CCCCC)C=CC=C(C)C1. The second kappa shape index (κ2) is 7.71. The van der Waals surface area contributed by atoms with Gasteiger partial charge in [0.15, 0.2) is 0 Å². The Morgan fingerprint density at radius 3 is 2.06 bits per heavy atom. The molecule has 0 aliphatic carbocycles. The van der Waals surface area contributed by atoms with Gasteiger partial charge in [-0.1, -0.05) is 32.8 Å². The monoisotopic (exact) mass is 236 g/mol. The van der Waals surface area contributed by atoms with Gasteiger partial charge in [-0.2, -0.15) is 0 Å². The Morgan fingerprint density at radius 1 is 1.00 bits per heavy atom. The second-order valence-electron chi connectivity index (χ2n) is 5.59. The van der Waals surface area contributed by atoms with Crippen LogP contribution in [0.2, 0.25) is 0 Å². The molecule has 1 nitrogen and oxygen atoms in total. The average molecular weight is 236 g/mol. The molecule has 0 aromatic rings. The lowest BCUT2D eigenvalue weighted by Gasteiger charge is -2.37. The minimum absolute atomic E-state index is 1.21. The first-order chi connectivity index (χ1) is 8.22. The van der Waals surface area contributed by atoms with Gasteiger partial charge in [0.05, 0.1) is 19.3 Å². The van der Waals surface area contributed by atoms with E-state index in [2.05, 4.69) is 39.1 Å². The standard InChI is InChI=1S/C16H30N/c1-4-6-8-12-17(13-9-7-5-2)14-10-11-16(3)15-17/h10-11,14H,4-9,12-13,15H2,1-3H3/q+1. The summed E-state index contributed by atoms with van der Waals surface area (Å²) >= 11 is 0. The molecule has 1 aliphatic heterocycles. The second-order valence-corrected chi connectivity index (χ2v) is 5.59. The molecule has 0 unspecified atom stereocenters. The number of quaternary nitrogens is 1. The zero-order valence-electron chi connectivity index (χ0n) is 12.0. The molecule has 1 rings (SSSR count). The molecule has 1 heteroatoms. The Balaban J connectivity index is 2.51. The van der Waals surface area contributed by atoms with Gasteiger partial charge in [0, 0.05) is 0 Å². The van der Waals surface area contributed by atoms with Gasteiger partial charge in [-0.25, -0.2) is 0 Å². The van der Waals surface area contributed by atoms with Crippen LogP contribution >= 0.6 is 0 Å². The molecule has 0 bridgehead atoms. The van der Waals surface area contributed by atoms with Crippen molar-refractivity contribution in [3.8, 4) is 0 Å². The van der Waals surface area contributed by atoms with Gasteiger partial charge in [0.1, 0.15) is 6.54 Å². The largest absolute Gasteiger partial charge is 0.294 e. The summed E-state index contributed by atoms with van der Waals surface area (Å²) < 4.78 is 1.21. The van der Waals surface area contributed by atoms with Crippen molar-refractivity contribution < 1.29 is 4.48 Å². The van der Waals surface area contributed by atoms with Crippen molar-refractivity contribution in [1.82, 2.24) is 0 Å². The molecule has 1 heterocycles. The number of rotatable bonds is 8. The average Bonchev–Trinajstić information content (AvgIpc) is 2.30. The van der Waals surface area contributed by atoms with Gasteiger partial charge in [0.25, 0.3) is 0 Å². The lowest BCUT2D eigenvalue weighted by Crippen LogP contribution is -2.46. The smallest absolute Gasteiger partial charge is 0.105 e. The van der Waals surface area contributed by atoms with E-state index in [-0.39, 0.29) is 0 Å². The predicted molar refractivity (Wildman–Crippen MR) is 76.8 cm³/mol. The van der Waals surface area contributed by atoms with E-state index in [0.717, 1.165) is 0 Å². The molecule has 0 radical (unpaired) electrons. The van der Waals surface area contributed by atoms with Crippen molar-refractivity contribution in [3.63, 3.8) is 0 Å². The maximum Gasteiger partial charge on any atom is 0.105 e. The third-order valence-corrected chi connectivity index (χ3v) is 3.76. The van der Waals surface area contributed by atoms with Gasteiger partial charge in [-0.3, -0.25) is 4.48 Å². The highest BCUT2D eigenvalue weighted by Crippen LogP contribution is 2.20. The fourth-order valence-electron chi connectivity index (χ4n) is 2.76. The van der Waals surface area contributed by atoms with E-state index in [9.17, 15) is 0 Å². The third kappa shape index (κ3) is 5.08. The minimum Gasteiger partial charge on any atom is -0.294 e. The molecule has 0 spiro atoms. The normalized spacial score (nSPS) is 18.2. The van der Waals surface area contributed by atoms with Crippen LogP contribution in [-0.4, -0.2) is 24.1 Å². The Hall–Kier alpha value is -0.560. The van der Waals surface area contributed by atoms with E-state index < -0.39 is 0 Å². The van der Waals surface area contributed by atoms with Crippen molar-refractivity contribution in [2.75, 3.05) is 19.6 Å². The molecule has 0 fully saturated rings. The fraction of sp³-hybridized carbons (Fsp3) is 0.750. The zero-order chi connectivity index (χ0) is 12.6. The van der Waals surface area contributed by atoms with Crippen molar-refractivity contribution in [2.24, 2.45) is 0 Å². The molecular weight excluding hydrogens is 206 g/mol. The van der Waals surface area contributed by atoms with Crippen LogP contribution in [0, 0.1) is 0 Å². The van der Waals surface area contributed by atoms with Crippen LogP contribution in [0.5, 0.6) is 0 Å². The van der Waals surface area contributed by atoms with Crippen molar-refractivity contribution >= 4 is 0 Å². The van der Waals surface area contributed by atoms with Crippen molar-refractivity contribution in [1.29, 1.82) is 0 Å². The molecule has 1 aliphatic rings. The summed E-state index contributed by atoms with van der Waals surface area (Å²) in [5.74, 6) is 0. The third-order valence-electron chi connectivity index (χ3n) is 3.76. The summed E-state index contributed by atoms with van der Waals surface area (Å²) in [5, 5.41) is 0. The number of hydrogen-bond donors (Lipinski definition) is 0. The summed E-state index contributed by atoms with van der Waals surface area (Å²) in [5.41, 5.74) is 1.54. The highest BCUT2D eigenvalue weighted by molar-refractivity contribution is 5.12. The molecule has 0 saturated heterocycles. The number of nitrogens with zero attached hydrogens (tertiary/aromatic N) is 1. The lowest BCUT2D eigenvalue weighted by molar-refractivity contribution is -0.876. The Kier molecular flexibility index (Phi) is 6.57.